The normalized spacial score (nSPS) is 13.8. The predicted molar refractivity (Wildman–Crippen MR) is 83.9 cm³/mol. The number of aliphatic hydroxyl groups excluding tert-OH is 1. The summed E-state index contributed by atoms with van der Waals surface area (Å²) in [5.74, 6) is 0.563. The number of aliphatic hydroxyl groups is 1. The molecular weight excluding hydrogens is 250 g/mol. The number of benzene rings is 1. The second kappa shape index (κ2) is 7.77. The number of hydrogen-bond acceptors (Lipinski definition) is 3. The van der Waals surface area contributed by atoms with Gasteiger partial charge in [0.2, 0.25) is 0 Å². The lowest BCUT2D eigenvalue weighted by molar-refractivity contribution is -0.0479. The fraction of sp³-hybridized carbons (Fsp3) is 0.647. The topological polar surface area (TPSA) is 41.5 Å². The third-order valence-electron chi connectivity index (χ3n) is 3.06. The van der Waals surface area contributed by atoms with Gasteiger partial charge in [0.25, 0.3) is 0 Å². The Morgan fingerprint density at radius 1 is 1.15 bits per heavy atom. The van der Waals surface area contributed by atoms with Crippen LogP contribution >= 0.6 is 0 Å². The molecule has 0 aromatic heterocycles. The highest BCUT2D eigenvalue weighted by Gasteiger charge is 2.13. The lowest BCUT2D eigenvalue weighted by Crippen LogP contribution is -2.33. The zero-order valence-corrected chi connectivity index (χ0v) is 13.4. The summed E-state index contributed by atoms with van der Waals surface area (Å²) in [7, 11) is 0. The van der Waals surface area contributed by atoms with E-state index < -0.39 is 6.10 Å². The average molecular weight is 279 g/mol. The Labute approximate surface area is 123 Å². The van der Waals surface area contributed by atoms with E-state index in [1.54, 1.807) is 0 Å². The van der Waals surface area contributed by atoms with Crippen molar-refractivity contribution in [2.75, 3.05) is 13.2 Å². The van der Waals surface area contributed by atoms with Crippen molar-refractivity contribution in [3.05, 3.63) is 35.4 Å². The fourth-order valence-corrected chi connectivity index (χ4v) is 1.81. The van der Waals surface area contributed by atoms with Crippen LogP contribution in [0.5, 0.6) is 0 Å². The lowest BCUT2D eigenvalue weighted by atomic mass is 10.0. The van der Waals surface area contributed by atoms with Gasteiger partial charge in [-0.15, -0.1) is 0 Å². The molecule has 114 valence electrons. The number of ether oxygens (including phenoxy) is 1. The van der Waals surface area contributed by atoms with Gasteiger partial charge in [-0.25, -0.2) is 0 Å². The van der Waals surface area contributed by atoms with E-state index in [9.17, 15) is 5.11 Å². The van der Waals surface area contributed by atoms with Crippen molar-refractivity contribution >= 4 is 0 Å². The first-order valence-electron chi connectivity index (χ1n) is 7.39. The van der Waals surface area contributed by atoms with Crippen LogP contribution in [-0.2, 0) is 11.3 Å². The smallest absolute Gasteiger partial charge is 0.0898 e. The molecule has 1 aromatic carbocycles. The Kier molecular flexibility index (Phi) is 6.66. The van der Waals surface area contributed by atoms with E-state index in [0.717, 1.165) is 6.54 Å². The molecule has 0 aliphatic rings. The van der Waals surface area contributed by atoms with Gasteiger partial charge in [-0.05, 0) is 37.8 Å². The van der Waals surface area contributed by atoms with E-state index in [2.05, 4.69) is 43.4 Å². The molecule has 1 aromatic rings. The third-order valence-corrected chi connectivity index (χ3v) is 3.06. The highest BCUT2D eigenvalue weighted by Crippen LogP contribution is 2.14. The van der Waals surface area contributed by atoms with Gasteiger partial charge in [0.05, 0.1) is 18.3 Å². The second-order valence-corrected chi connectivity index (χ2v) is 6.60. The Bertz CT molecular complexity index is 379. The maximum Gasteiger partial charge on any atom is 0.0898 e. The van der Waals surface area contributed by atoms with Crippen molar-refractivity contribution in [2.45, 2.75) is 58.8 Å². The summed E-state index contributed by atoms with van der Waals surface area (Å²) in [6.07, 6.45) is -0.468. The number of hydrogen-bond donors (Lipinski definition) is 2. The zero-order valence-electron chi connectivity index (χ0n) is 13.4. The van der Waals surface area contributed by atoms with Gasteiger partial charge in [0.15, 0.2) is 0 Å². The Hall–Kier alpha value is -0.900. The maximum atomic E-state index is 9.82. The summed E-state index contributed by atoms with van der Waals surface area (Å²) in [6.45, 7) is 12.0. The zero-order chi connectivity index (χ0) is 15.2. The van der Waals surface area contributed by atoms with Gasteiger partial charge in [0.1, 0.15) is 0 Å². The van der Waals surface area contributed by atoms with Crippen LogP contribution in [-0.4, -0.2) is 30.0 Å². The molecular formula is C17H29NO2. The molecule has 0 aliphatic heterocycles. The lowest BCUT2D eigenvalue weighted by Gasteiger charge is -2.22. The molecule has 0 fully saturated rings. The van der Waals surface area contributed by atoms with E-state index in [0.29, 0.717) is 19.1 Å². The molecule has 0 aliphatic carbocycles. The minimum absolute atomic E-state index is 0.201. The molecule has 0 radical (unpaired) electrons. The van der Waals surface area contributed by atoms with Crippen molar-refractivity contribution in [3.63, 3.8) is 0 Å². The summed E-state index contributed by atoms with van der Waals surface area (Å²) in [4.78, 5) is 0. The maximum absolute atomic E-state index is 9.82. The van der Waals surface area contributed by atoms with E-state index in [-0.39, 0.29) is 5.60 Å². The van der Waals surface area contributed by atoms with E-state index in [1.807, 2.05) is 20.8 Å². The highest BCUT2D eigenvalue weighted by molar-refractivity contribution is 5.24. The second-order valence-electron chi connectivity index (χ2n) is 6.60. The van der Waals surface area contributed by atoms with Crippen molar-refractivity contribution in [1.29, 1.82) is 0 Å². The van der Waals surface area contributed by atoms with Gasteiger partial charge in [-0.3, -0.25) is 0 Å². The van der Waals surface area contributed by atoms with Crippen LogP contribution in [0.3, 0.4) is 0 Å². The minimum atomic E-state index is -0.468. The molecule has 0 saturated heterocycles. The van der Waals surface area contributed by atoms with Gasteiger partial charge < -0.3 is 15.2 Å². The quantitative estimate of drug-likeness (QED) is 0.806. The first kappa shape index (κ1) is 17.2. The summed E-state index contributed by atoms with van der Waals surface area (Å²) in [6, 6.07) is 8.61. The van der Waals surface area contributed by atoms with Gasteiger partial charge >= 0.3 is 0 Å². The number of nitrogens with one attached hydrogen (secondary N) is 1. The molecule has 0 saturated carbocycles. The Morgan fingerprint density at radius 2 is 1.75 bits per heavy atom. The molecule has 3 nitrogen and oxygen atoms in total. The van der Waals surface area contributed by atoms with Crippen LogP contribution in [0.25, 0.3) is 0 Å². The standard InChI is InChI=1S/C17H29NO2/c1-13(2)15-8-6-14(7-9-15)10-18-11-16(19)12-20-17(3,4)5/h6-9,13,16,18-19H,10-12H2,1-5H3. The van der Waals surface area contributed by atoms with Crippen LogP contribution in [0, 0.1) is 0 Å². The summed E-state index contributed by atoms with van der Waals surface area (Å²) < 4.78 is 5.55. The SMILES string of the molecule is CC(C)c1ccc(CNCC(O)COC(C)(C)C)cc1. The van der Waals surface area contributed by atoms with Crippen LogP contribution in [0.15, 0.2) is 24.3 Å². The molecule has 3 heteroatoms. The van der Waals surface area contributed by atoms with Crippen LogP contribution in [0.2, 0.25) is 0 Å². The van der Waals surface area contributed by atoms with E-state index in [1.165, 1.54) is 11.1 Å². The van der Waals surface area contributed by atoms with E-state index >= 15 is 0 Å². The molecule has 0 spiro atoms. The number of rotatable bonds is 7. The van der Waals surface area contributed by atoms with Gasteiger partial charge in [-0.2, -0.15) is 0 Å². The molecule has 2 N–H and O–H groups in total. The average Bonchev–Trinajstić information content (AvgIpc) is 2.36. The van der Waals surface area contributed by atoms with Gasteiger partial charge in [-0.1, -0.05) is 38.1 Å². The van der Waals surface area contributed by atoms with Crippen LogP contribution in [0.1, 0.15) is 51.7 Å². The molecule has 0 heterocycles. The summed E-state index contributed by atoms with van der Waals surface area (Å²) in [5.41, 5.74) is 2.39. The summed E-state index contributed by atoms with van der Waals surface area (Å²) >= 11 is 0. The Morgan fingerprint density at radius 3 is 2.25 bits per heavy atom. The monoisotopic (exact) mass is 279 g/mol. The molecule has 20 heavy (non-hydrogen) atoms. The van der Waals surface area contributed by atoms with Crippen molar-refractivity contribution in [1.82, 2.24) is 5.32 Å². The van der Waals surface area contributed by atoms with E-state index in [4.69, 9.17) is 4.74 Å². The van der Waals surface area contributed by atoms with Crippen LogP contribution in [0.4, 0.5) is 0 Å². The molecule has 0 bridgehead atoms. The molecule has 1 unspecified atom stereocenters. The highest BCUT2D eigenvalue weighted by atomic mass is 16.5. The largest absolute Gasteiger partial charge is 0.389 e. The fourth-order valence-electron chi connectivity index (χ4n) is 1.81. The van der Waals surface area contributed by atoms with Crippen LogP contribution < -0.4 is 5.32 Å². The third kappa shape index (κ3) is 7.04. The summed E-state index contributed by atoms with van der Waals surface area (Å²) in [5, 5.41) is 13.1. The van der Waals surface area contributed by atoms with Crippen molar-refractivity contribution < 1.29 is 9.84 Å². The molecule has 1 rings (SSSR count). The minimum Gasteiger partial charge on any atom is -0.389 e. The first-order chi connectivity index (χ1) is 9.28. The van der Waals surface area contributed by atoms with Crippen molar-refractivity contribution in [3.8, 4) is 0 Å². The van der Waals surface area contributed by atoms with Gasteiger partial charge in [0, 0.05) is 13.1 Å². The molecule has 1 atom stereocenters. The predicted octanol–water partition coefficient (Wildman–Crippen LogP) is 3.08. The van der Waals surface area contributed by atoms with Crippen molar-refractivity contribution in [2.24, 2.45) is 0 Å². The Balaban J connectivity index is 2.26. The first-order valence-corrected chi connectivity index (χ1v) is 7.39. The molecule has 0 amide bonds.